The zero-order chi connectivity index (χ0) is 20.4. The molecule has 0 radical (unpaired) electrons. The van der Waals surface area contributed by atoms with Gasteiger partial charge in [-0.15, -0.1) is 0 Å². The number of pyridine rings is 1. The molecule has 0 spiro atoms. The van der Waals surface area contributed by atoms with Crippen LogP contribution in [-0.2, 0) is 16.6 Å². The maximum Gasteiger partial charge on any atom is 0.243 e. The summed E-state index contributed by atoms with van der Waals surface area (Å²) < 4.78 is 27.8. The Kier molecular flexibility index (Phi) is 5.56. The number of hydrogen-bond donors (Lipinski definition) is 1. The topological polar surface area (TPSA) is 62.3 Å². The molecule has 1 fully saturated rings. The predicted octanol–water partition coefficient (Wildman–Crippen LogP) is 4.72. The van der Waals surface area contributed by atoms with E-state index in [1.807, 2.05) is 19.1 Å². The van der Waals surface area contributed by atoms with Gasteiger partial charge in [-0.1, -0.05) is 36.2 Å². The second-order valence-electron chi connectivity index (χ2n) is 7.85. The number of aromatic nitrogens is 1. The highest BCUT2D eigenvalue weighted by molar-refractivity contribution is 7.89. The van der Waals surface area contributed by atoms with Crippen molar-refractivity contribution < 1.29 is 8.42 Å². The van der Waals surface area contributed by atoms with Gasteiger partial charge in [0.25, 0.3) is 0 Å². The summed E-state index contributed by atoms with van der Waals surface area (Å²) in [6, 6.07) is 17.5. The highest BCUT2D eigenvalue weighted by Crippen LogP contribution is 2.27. The Balaban J connectivity index is 1.54. The van der Waals surface area contributed by atoms with Crippen LogP contribution in [0.4, 0.5) is 5.82 Å². The van der Waals surface area contributed by atoms with Crippen molar-refractivity contribution in [1.29, 1.82) is 0 Å². The highest BCUT2D eigenvalue weighted by Gasteiger charge is 2.31. The number of hydrogen-bond acceptors (Lipinski definition) is 4. The van der Waals surface area contributed by atoms with E-state index in [0.29, 0.717) is 18.0 Å². The quantitative estimate of drug-likeness (QED) is 0.662. The normalized spacial score (nSPS) is 18.1. The van der Waals surface area contributed by atoms with Gasteiger partial charge in [-0.2, -0.15) is 4.31 Å². The number of fused-ring (bicyclic) bond motifs is 1. The average molecular weight is 410 g/mol. The van der Waals surface area contributed by atoms with E-state index in [9.17, 15) is 8.42 Å². The molecule has 152 valence electrons. The molecule has 2 heterocycles. The third-order valence-corrected chi connectivity index (χ3v) is 7.61. The second-order valence-corrected chi connectivity index (χ2v) is 9.74. The number of benzene rings is 2. The van der Waals surface area contributed by atoms with E-state index >= 15 is 0 Å². The van der Waals surface area contributed by atoms with Gasteiger partial charge in [0.1, 0.15) is 5.82 Å². The molecule has 1 unspecified atom stereocenters. The Hall–Kier alpha value is -2.44. The minimum Gasteiger partial charge on any atom is -0.366 e. The maximum absolute atomic E-state index is 13.1. The SMILES string of the molecule is Cc1ccc(CNc2ccc3cc(S(=O)(=O)N4CCCCC4C)ccc3n2)cc1. The Bertz CT molecular complexity index is 1110. The van der Waals surface area contributed by atoms with Gasteiger partial charge < -0.3 is 5.32 Å². The molecule has 29 heavy (non-hydrogen) atoms. The first-order valence-corrected chi connectivity index (χ1v) is 11.6. The van der Waals surface area contributed by atoms with Crippen LogP contribution in [0, 0.1) is 6.92 Å². The smallest absolute Gasteiger partial charge is 0.243 e. The molecule has 3 aromatic rings. The number of rotatable bonds is 5. The Morgan fingerprint density at radius 3 is 2.62 bits per heavy atom. The van der Waals surface area contributed by atoms with Crippen molar-refractivity contribution >= 4 is 26.7 Å². The molecule has 1 aromatic heterocycles. The van der Waals surface area contributed by atoms with Gasteiger partial charge in [0, 0.05) is 24.5 Å². The first-order valence-electron chi connectivity index (χ1n) is 10.2. The summed E-state index contributed by atoms with van der Waals surface area (Å²) >= 11 is 0. The molecule has 2 aromatic carbocycles. The third kappa shape index (κ3) is 4.28. The number of sulfonamides is 1. The van der Waals surface area contributed by atoms with Gasteiger partial charge in [-0.25, -0.2) is 13.4 Å². The highest BCUT2D eigenvalue weighted by atomic mass is 32.2. The minimum absolute atomic E-state index is 0.0518. The molecular formula is C23H27N3O2S. The van der Waals surface area contributed by atoms with Crippen LogP contribution < -0.4 is 5.32 Å². The summed E-state index contributed by atoms with van der Waals surface area (Å²) in [5, 5.41) is 4.17. The van der Waals surface area contributed by atoms with Crippen molar-refractivity contribution in [2.24, 2.45) is 0 Å². The lowest BCUT2D eigenvalue weighted by Gasteiger charge is -2.32. The van der Waals surface area contributed by atoms with Crippen molar-refractivity contribution in [3.05, 3.63) is 65.7 Å². The van der Waals surface area contributed by atoms with Crippen LogP contribution in [0.15, 0.2) is 59.5 Å². The van der Waals surface area contributed by atoms with Gasteiger partial charge in [0.2, 0.25) is 10.0 Å². The second kappa shape index (κ2) is 8.13. The van der Waals surface area contributed by atoms with Gasteiger partial charge in [0.05, 0.1) is 10.4 Å². The number of aryl methyl sites for hydroxylation is 1. The van der Waals surface area contributed by atoms with Crippen molar-refractivity contribution in [3.8, 4) is 0 Å². The van der Waals surface area contributed by atoms with Crippen LogP contribution in [0.1, 0.15) is 37.3 Å². The van der Waals surface area contributed by atoms with Crippen LogP contribution in [0.3, 0.4) is 0 Å². The molecule has 1 aliphatic rings. The van der Waals surface area contributed by atoms with Crippen LogP contribution >= 0.6 is 0 Å². The van der Waals surface area contributed by atoms with Crippen molar-refractivity contribution in [1.82, 2.24) is 9.29 Å². The Labute approximate surface area is 172 Å². The average Bonchev–Trinajstić information content (AvgIpc) is 2.73. The fraction of sp³-hybridized carbons (Fsp3) is 0.348. The number of piperidine rings is 1. The molecule has 4 rings (SSSR count). The Morgan fingerprint density at radius 2 is 1.86 bits per heavy atom. The standard InChI is InChI=1S/C23H27N3O2S/c1-17-6-8-19(9-7-17)16-24-23-13-10-20-15-21(11-12-22(20)25-23)29(27,28)26-14-4-3-5-18(26)2/h6-13,15,18H,3-5,14,16H2,1-2H3,(H,24,25). The molecule has 1 saturated heterocycles. The van der Waals surface area contributed by atoms with Crippen LogP contribution in [0.2, 0.25) is 0 Å². The molecule has 6 heteroatoms. The lowest BCUT2D eigenvalue weighted by molar-refractivity contribution is 0.268. The van der Waals surface area contributed by atoms with Crippen LogP contribution in [-0.4, -0.2) is 30.3 Å². The molecule has 0 saturated carbocycles. The lowest BCUT2D eigenvalue weighted by atomic mass is 10.1. The van der Waals surface area contributed by atoms with Gasteiger partial charge in [0.15, 0.2) is 0 Å². The Morgan fingerprint density at radius 1 is 1.07 bits per heavy atom. The van der Waals surface area contributed by atoms with E-state index in [-0.39, 0.29) is 6.04 Å². The van der Waals surface area contributed by atoms with E-state index in [4.69, 9.17) is 0 Å². The molecule has 0 bridgehead atoms. The van der Waals surface area contributed by atoms with Crippen molar-refractivity contribution in [3.63, 3.8) is 0 Å². The molecule has 0 aliphatic carbocycles. The summed E-state index contributed by atoms with van der Waals surface area (Å²) in [5.74, 6) is 0.776. The van der Waals surface area contributed by atoms with E-state index in [1.165, 1.54) is 11.1 Å². The summed E-state index contributed by atoms with van der Waals surface area (Å²) in [7, 11) is -3.47. The summed E-state index contributed by atoms with van der Waals surface area (Å²) in [6.45, 7) is 5.35. The third-order valence-electron chi connectivity index (χ3n) is 5.60. The molecule has 1 aliphatic heterocycles. The van der Waals surface area contributed by atoms with E-state index in [0.717, 1.165) is 36.0 Å². The van der Waals surface area contributed by atoms with E-state index in [2.05, 4.69) is 41.5 Å². The lowest BCUT2D eigenvalue weighted by Crippen LogP contribution is -2.41. The van der Waals surface area contributed by atoms with Crippen LogP contribution in [0.25, 0.3) is 10.9 Å². The maximum atomic E-state index is 13.1. The van der Waals surface area contributed by atoms with Gasteiger partial charge in [-0.3, -0.25) is 0 Å². The van der Waals surface area contributed by atoms with Crippen molar-refractivity contribution in [2.45, 2.75) is 50.6 Å². The summed E-state index contributed by atoms with van der Waals surface area (Å²) in [6.07, 6.45) is 2.94. The molecule has 1 atom stereocenters. The number of anilines is 1. The van der Waals surface area contributed by atoms with Crippen molar-refractivity contribution in [2.75, 3.05) is 11.9 Å². The van der Waals surface area contributed by atoms with Crippen LogP contribution in [0.5, 0.6) is 0 Å². The first-order chi connectivity index (χ1) is 13.9. The predicted molar refractivity (Wildman–Crippen MR) is 117 cm³/mol. The first kappa shape index (κ1) is 19.9. The zero-order valence-electron chi connectivity index (χ0n) is 16.9. The monoisotopic (exact) mass is 409 g/mol. The molecule has 5 nitrogen and oxygen atoms in total. The number of nitrogens with zero attached hydrogens (tertiary/aromatic N) is 2. The molecule has 0 amide bonds. The largest absolute Gasteiger partial charge is 0.366 e. The zero-order valence-corrected chi connectivity index (χ0v) is 17.7. The molecule has 1 N–H and O–H groups in total. The molecular weight excluding hydrogens is 382 g/mol. The fourth-order valence-electron chi connectivity index (χ4n) is 3.83. The summed E-state index contributed by atoms with van der Waals surface area (Å²) in [5.41, 5.74) is 3.21. The minimum atomic E-state index is -3.47. The fourth-order valence-corrected chi connectivity index (χ4v) is 5.56. The number of nitrogens with one attached hydrogen (secondary N) is 1. The van der Waals surface area contributed by atoms with E-state index in [1.54, 1.807) is 22.5 Å². The summed E-state index contributed by atoms with van der Waals surface area (Å²) in [4.78, 5) is 4.99. The van der Waals surface area contributed by atoms with Gasteiger partial charge in [-0.05, 0) is 62.6 Å². The van der Waals surface area contributed by atoms with Gasteiger partial charge >= 0.3 is 0 Å². The van der Waals surface area contributed by atoms with E-state index < -0.39 is 10.0 Å².